The van der Waals surface area contributed by atoms with Crippen molar-refractivity contribution in [2.45, 2.75) is 40.2 Å². The predicted molar refractivity (Wildman–Crippen MR) is 102 cm³/mol. The number of aryl methyl sites for hydroxylation is 2. The number of benzene rings is 2. The van der Waals surface area contributed by atoms with Crippen molar-refractivity contribution in [3.63, 3.8) is 0 Å². The standard InChI is InChI=1S/C23H25N2/c1-15(2)9-18-5-6-19-7-8-23-24-21(14-25(23)22(19)13-18)20-11-16(3)10-17(4)12-20/h5-8,10-15,21H,9H2,1-4H3/q+1. The Morgan fingerprint density at radius 3 is 2.40 bits per heavy atom. The van der Waals surface area contributed by atoms with Crippen molar-refractivity contribution in [1.82, 2.24) is 0 Å². The number of hydrogen-bond donors (Lipinski definition) is 0. The van der Waals surface area contributed by atoms with E-state index >= 15 is 0 Å². The topological polar surface area (TPSA) is 18.3 Å². The number of aromatic nitrogens is 1. The van der Waals surface area contributed by atoms with E-state index in [1.807, 2.05) is 0 Å². The second kappa shape index (κ2) is 6.11. The lowest BCUT2D eigenvalue weighted by Gasteiger charge is -2.05. The Kier molecular flexibility index (Phi) is 3.91. The van der Waals surface area contributed by atoms with Crippen LogP contribution in [0.3, 0.4) is 0 Å². The second-order valence-electron chi connectivity index (χ2n) is 7.70. The molecule has 0 N–H and O–H groups in total. The molecule has 2 aromatic carbocycles. The highest BCUT2D eigenvalue weighted by Crippen LogP contribution is 2.22. The Hall–Kier alpha value is -2.48. The maximum absolute atomic E-state index is 4.95. The largest absolute Gasteiger partial charge is 0.323 e. The van der Waals surface area contributed by atoms with Gasteiger partial charge in [0.25, 0.3) is 0 Å². The third kappa shape index (κ3) is 3.09. The zero-order valence-corrected chi connectivity index (χ0v) is 15.5. The summed E-state index contributed by atoms with van der Waals surface area (Å²) in [4.78, 5) is 4.95. The molecule has 1 aliphatic rings. The summed E-state index contributed by atoms with van der Waals surface area (Å²) < 4.78 is 2.27. The summed E-state index contributed by atoms with van der Waals surface area (Å²) in [6.45, 7) is 8.84. The van der Waals surface area contributed by atoms with Crippen LogP contribution in [0.15, 0.2) is 53.5 Å². The quantitative estimate of drug-likeness (QED) is 0.637. The van der Waals surface area contributed by atoms with Gasteiger partial charge in [-0.2, -0.15) is 4.24 Å². The smallest absolute Gasteiger partial charge is 0.195 e. The summed E-state index contributed by atoms with van der Waals surface area (Å²) in [6, 6.07) is 17.9. The van der Waals surface area contributed by atoms with Crippen LogP contribution in [0.4, 0.5) is 0 Å². The normalized spacial score (nSPS) is 16.0. The minimum atomic E-state index is 0.0953. The molecule has 0 amide bonds. The predicted octanol–water partition coefficient (Wildman–Crippen LogP) is 4.33. The molecule has 1 aromatic heterocycles. The molecule has 0 saturated heterocycles. The van der Waals surface area contributed by atoms with Crippen LogP contribution >= 0.6 is 0 Å². The molecule has 126 valence electrons. The fraction of sp³-hybridized carbons (Fsp3) is 0.304. The summed E-state index contributed by atoms with van der Waals surface area (Å²) in [5.41, 5.74) is 7.55. The van der Waals surface area contributed by atoms with Gasteiger partial charge in [-0.25, -0.2) is 0 Å². The summed E-state index contributed by atoms with van der Waals surface area (Å²) in [6.07, 6.45) is 3.36. The van der Waals surface area contributed by atoms with Crippen molar-refractivity contribution in [2.24, 2.45) is 10.9 Å². The molecule has 4 rings (SSSR count). The van der Waals surface area contributed by atoms with Crippen LogP contribution in [-0.4, -0.2) is 0 Å². The summed E-state index contributed by atoms with van der Waals surface area (Å²) in [7, 11) is 0. The molecule has 0 spiro atoms. The number of nitrogens with zero attached hydrogens (tertiary/aromatic N) is 2. The van der Waals surface area contributed by atoms with Crippen LogP contribution < -0.4 is 9.73 Å². The molecule has 1 atom stereocenters. The van der Waals surface area contributed by atoms with Gasteiger partial charge in [0.15, 0.2) is 0 Å². The third-order valence-electron chi connectivity index (χ3n) is 4.80. The van der Waals surface area contributed by atoms with Gasteiger partial charge >= 0.3 is 5.49 Å². The highest BCUT2D eigenvalue weighted by molar-refractivity contribution is 5.76. The fourth-order valence-electron chi connectivity index (χ4n) is 3.83. The van der Waals surface area contributed by atoms with Crippen LogP contribution in [0.25, 0.3) is 10.9 Å². The van der Waals surface area contributed by atoms with Crippen LogP contribution in [0, 0.1) is 26.0 Å². The van der Waals surface area contributed by atoms with E-state index in [-0.39, 0.29) is 6.04 Å². The Morgan fingerprint density at radius 1 is 0.960 bits per heavy atom. The Morgan fingerprint density at radius 2 is 1.68 bits per heavy atom. The van der Waals surface area contributed by atoms with Gasteiger partial charge < -0.3 is 0 Å². The first-order valence-electron chi connectivity index (χ1n) is 9.11. The van der Waals surface area contributed by atoms with E-state index in [1.165, 1.54) is 33.2 Å². The van der Waals surface area contributed by atoms with Crippen molar-refractivity contribution in [1.29, 1.82) is 0 Å². The first-order valence-corrected chi connectivity index (χ1v) is 9.11. The molecule has 0 saturated carbocycles. The molecule has 0 aliphatic carbocycles. The molecule has 25 heavy (non-hydrogen) atoms. The van der Waals surface area contributed by atoms with E-state index in [0.29, 0.717) is 5.92 Å². The zero-order chi connectivity index (χ0) is 17.6. The molecular weight excluding hydrogens is 304 g/mol. The molecule has 2 heteroatoms. The minimum absolute atomic E-state index is 0.0953. The number of hydrogen-bond acceptors (Lipinski definition) is 1. The molecule has 0 bridgehead atoms. The number of fused-ring (bicyclic) bond motifs is 3. The number of pyridine rings is 1. The fourth-order valence-corrected chi connectivity index (χ4v) is 3.83. The highest BCUT2D eigenvalue weighted by Gasteiger charge is 2.22. The van der Waals surface area contributed by atoms with Crippen molar-refractivity contribution < 1.29 is 4.24 Å². The van der Waals surface area contributed by atoms with E-state index in [4.69, 9.17) is 4.99 Å². The maximum Gasteiger partial charge on any atom is 0.323 e. The maximum atomic E-state index is 4.95. The summed E-state index contributed by atoms with van der Waals surface area (Å²) >= 11 is 0. The van der Waals surface area contributed by atoms with Gasteiger partial charge in [0.2, 0.25) is 6.04 Å². The van der Waals surface area contributed by atoms with Gasteiger partial charge in [-0.1, -0.05) is 60.3 Å². The molecule has 1 unspecified atom stereocenters. The second-order valence-corrected chi connectivity index (χ2v) is 7.70. The lowest BCUT2D eigenvalue weighted by molar-refractivity contribution is -0.493. The van der Waals surface area contributed by atoms with Crippen LogP contribution in [0.2, 0.25) is 0 Å². The van der Waals surface area contributed by atoms with Gasteiger partial charge in [0, 0.05) is 17.0 Å². The monoisotopic (exact) mass is 329 g/mol. The van der Waals surface area contributed by atoms with Crippen molar-refractivity contribution in [2.75, 3.05) is 0 Å². The van der Waals surface area contributed by atoms with Crippen molar-refractivity contribution in [3.8, 4) is 0 Å². The van der Waals surface area contributed by atoms with Gasteiger partial charge in [0.05, 0.1) is 0 Å². The van der Waals surface area contributed by atoms with E-state index < -0.39 is 0 Å². The number of rotatable bonds is 3. The Balaban J connectivity index is 1.86. The molecule has 0 fully saturated rings. The van der Waals surface area contributed by atoms with E-state index in [2.05, 4.69) is 86.7 Å². The SMILES string of the molecule is Cc1cc(C)cc(C2C=[n+]3c(ccc4ccc(CC(C)C)cc43)=N2)c1. The molecule has 1 aliphatic heterocycles. The van der Waals surface area contributed by atoms with E-state index in [9.17, 15) is 0 Å². The molecule has 2 nitrogen and oxygen atoms in total. The van der Waals surface area contributed by atoms with Crippen LogP contribution in [0.1, 0.15) is 42.1 Å². The van der Waals surface area contributed by atoms with Gasteiger partial charge in [-0.05, 0) is 43.9 Å². The minimum Gasteiger partial charge on any atom is -0.195 e. The Bertz CT molecular complexity index is 1060. The highest BCUT2D eigenvalue weighted by atomic mass is 15.0. The molecular formula is C23H25N2+. The molecule has 0 radical (unpaired) electrons. The summed E-state index contributed by atoms with van der Waals surface area (Å²) in [5, 5.41) is 1.27. The first-order chi connectivity index (χ1) is 12.0. The molecule has 2 heterocycles. The zero-order valence-electron chi connectivity index (χ0n) is 15.5. The Labute approximate surface area is 149 Å². The van der Waals surface area contributed by atoms with E-state index in [1.54, 1.807) is 0 Å². The van der Waals surface area contributed by atoms with Crippen molar-refractivity contribution in [3.05, 3.63) is 82.5 Å². The van der Waals surface area contributed by atoms with Crippen LogP contribution in [-0.2, 0) is 6.42 Å². The van der Waals surface area contributed by atoms with Crippen molar-refractivity contribution >= 4 is 10.9 Å². The van der Waals surface area contributed by atoms with Gasteiger partial charge in [0.1, 0.15) is 11.7 Å². The average Bonchev–Trinajstić information content (AvgIpc) is 2.98. The van der Waals surface area contributed by atoms with E-state index in [0.717, 1.165) is 11.9 Å². The first kappa shape index (κ1) is 16.0. The van der Waals surface area contributed by atoms with Gasteiger partial charge in [-0.3, -0.25) is 0 Å². The lowest BCUT2D eigenvalue weighted by atomic mass is 10.0. The van der Waals surface area contributed by atoms with Gasteiger partial charge in [-0.15, -0.1) is 0 Å². The summed E-state index contributed by atoms with van der Waals surface area (Å²) in [5.74, 6) is 0.663. The van der Waals surface area contributed by atoms with Crippen LogP contribution in [0.5, 0.6) is 0 Å². The lowest BCUT2D eigenvalue weighted by Crippen LogP contribution is -2.34. The third-order valence-corrected chi connectivity index (χ3v) is 4.80. The molecule has 3 aromatic rings. The average molecular weight is 329 g/mol.